The summed E-state index contributed by atoms with van der Waals surface area (Å²) in [6.07, 6.45) is 4.60. The van der Waals surface area contributed by atoms with Gasteiger partial charge >= 0.3 is 6.43 Å². The lowest BCUT2D eigenvalue weighted by atomic mass is 9.41. The minimum atomic E-state index is -3.40. The fourth-order valence-electron chi connectivity index (χ4n) is 8.30. The number of benzene rings is 2. The first-order valence-corrected chi connectivity index (χ1v) is 17.0. The summed E-state index contributed by atoms with van der Waals surface area (Å²) < 4.78 is 71.1. The van der Waals surface area contributed by atoms with Gasteiger partial charge in [0.25, 0.3) is 5.89 Å². The quantitative estimate of drug-likeness (QED) is 0.261. The van der Waals surface area contributed by atoms with E-state index in [1.54, 1.807) is 12.1 Å². The number of fused-ring (bicyclic) bond motifs is 3. The molecule has 6 saturated carbocycles. The number of sulfonamides is 1. The molecule has 0 atom stereocenters. The monoisotopic (exact) mass is 628 g/mol. The number of halogens is 3. The van der Waals surface area contributed by atoms with Crippen LogP contribution in [-0.2, 0) is 20.2 Å². The molecule has 3 aromatic rings. The zero-order valence-corrected chi connectivity index (χ0v) is 25.3. The summed E-state index contributed by atoms with van der Waals surface area (Å²) in [5, 5.41) is 3.92. The molecule has 8 nitrogen and oxygen atoms in total. The summed E-state index contributed by atoms with van der Waals surface area (Å²) in [6.45, 7) is 0.522. The second-order valence-corrected chi connectivity index (χ2v) is 15.6. The summed E-state index contributed by atoms with van der Waals surface area (Å²) in [6, 6.07) is 14.8. The van der Waals surface area contributed by atoms with Gasteiger partial charge in [-0.15, -0.1) is 0 Å². The number of carbonyl (C=O) groups is 1. The molecule has 0 aliphatic heterocycles. The molecule has 4 bridgehead atoms. The Morgan fingerprint density at radius 2 is 1.64 bits per heavy atom. The van der Waals surface area contributed by atoms with E-state index in [1.165, 1.54) is 0 Å². The van der Waals surface area contributed by atoms with Gasteiger partial charge in [-0.25, -0.2) is 12.8 Å². The zero-order chi connectivity index (χ0) is 31.0. The Bertz CT molecular complexity index is 1660. The van der Waals surface area contributed by atoms with E-state index in [0.29, 0.717) is 43.7 Å². The average Bonchev–Trinajstić information content (AvgIpc) is 3.47. The number of aromatic nitrogens is 2. The van der Waals surface area contributed by atoms with Crippen LogP contribution < -0.4 is 9.62 Å². The second kappa shape index (κ2) is 10.1. The maximum Gasteiger partial charge on any atom is 0.315 e. The number of anilines is 2. The summed E-state index contributed by atoms with van der Waals surface area (Å²) in [5.74, 6) is -0.283. The maximum atomic E-state index is 14.3. The normalized spacial score (nSPS) is 30.5. The molecule has 6 fully saturated rings. The molecule has 1 N–H and O–H groups in total. The lowest BCUT2D eigenvalue weighted by molar-refractivity contribution is -0.215. The Balaban J connectivity index is 1.13. The van der Waals surface area contributed by atoms with Crippen LogP contribution in [0.2, 0.25) is 0 Å². The third-order valence-electron chi connectivity index (χ3n) is 10.6. The minimum Gasteiger partial charge on any atom is -0.333 e. The van der Waals surface area contributed by atoms with Crippen LogP contribution in [-0.4, -0.2) is 42.9 Å². The van der Waals surface area contributed by atoms with E-state index in [2.05, 4.69) is 14.9 Å². The summed E-state index contributed by atoms with van der Waals surface area (Å²) in [7, 11) is -3.40. The molecule has 44 heavy (non-hydrogen) atoms. The van der Waals surface area contributed by atoms with Crippen molar-refractivity contribution in [3.8, 4) is 11.1 Å². The molecule has 2 aromatic carbocycles. The third kappa shape index (κ3) is 5.28. The first-order valence-electron chi connectivity index (χ1n) is 15.1. The van der Waals surface area contributed by atoms with Crippen LogP contribution in [0.4, 0.5) is 24.5 Å². The number of hydrogen-bond acceptors (Lipinski definition) is 6. The van der Waals surface area contributed by atoms with E-state index in [0.717, 1.165) is 61.6 Å². The Morgan fingerprint density at radius 3 is 2.20 bits per heavy atom. The Labute approximate surface area is 254 Å². The smallest absolute Gasteiger partial charge is 0.315 e. The van der Waals surface area contributed by atoms with Gasteiger partial charge in [0.2, 0.25) is 15.9 Å². The molecule has 1 amide bonds. The maximum absolute atomic E-state index is 14.3. The fourth-order valence-corrected chi connectivity index (χ4v) is 8.86. The molecule has 12 heteroatoms. The van der Waals surface area contributed by atoms with Crippen molar-refractivity contribution in [1.82, 2.24) is 10.1 Å². The number of nitrogens with one attached hydrogen (secondary N) is 1. The summed E-state index contributed by atoms with van der Waals surface area (Å²) in [4.78, 5) is 20.0. The van der Waals surface area contributed by atoms with Crippen molar-refractivity contribution in [3.05, 3.63) is 60.2 Å². The van der Waals surface area contributed by atoms with Crippen LogP contribution in [0.15, 0.2) is 53.1 Å². The highest BCUT2D eigenvalue weighted by Crippen LogP contribution is 2.71. The Kier molecular flexibility index (Phi) is 6.69. The predicted molar refractivity (Wildman–Crippen MR) is 159 cm³/mol. The van der Waals surface area contributed by atoms with Crippen molar-refractivity contribution in [1.29, 1.82) is 0 Å². The molecule has 0 spiro atoms. The average molecular weight is 629 g/mol. The van der Waals surface area contributed by atoms with Gasteiger partial charge in [-0.2, -0.15) is 13.8 Å². The van der Waals surface area contributed by atoms with E-state index < -0.39 is 28.0 Å². The molecule has 9 rings (SSSR count). The number of amides is 1. The molecule has 1 heterocycles. The number of hydrogen-bond donors (Lipinski definition) is 1. The van der Waals surface area contributed by atoms with Gasteiger partial charge in [0.05, 0.1) is 6.26 Å². The fraction of sp³-hybridized carbons (Fsp3) is 0.531. The first kappa shape index (κ1) is 29.3. The van der Waals surface area contributed by atoms with E-state index in [9.17, 15) is 26.4 Å². The Hall–Kier alpha value is -3.41. The van der Waals surface area contributed by atoms with Gasteiger partial charge in [0.15, 0.2) is 5.82 Å². The molecular formula is C32H35F3N4O4S. The topological polar surface area (TPSA) is 105 Å². The van der Waals surface area contributed by atoms with E-state index >= 15 is 0 Å². The van der Waals surface area contributed by atoms with Crippen molar-refractivity contribution < 1.29 is 30.9 Å². The predicted octanol–water partition coefficient (Wildman–Crippen LogP) is 6.95. The van der Waals surface area contributed by atoms with Crippen molar-refractivity contribution in [2.45, 2.75) is 81.7 Å². The largest absolute Gasteiger partial charge is 0.333 e. The molecule has 1 aromatic heterocycles. The van der Waals surface area contributed by atoms with Crippen LogP contribution in [0.5, 0.6) is 0 Å². The molecule has 0 radical (unpaired) electrons. The van der Waals surface area contributed by atoms with Crippen molar-refractivity contribution >= 4 is 27.3 Å². The standard InChI is InChI=1S/C32H35F3N4O4S/c1-44(41,42)38-23-7-5-21(6-8-23)22-3-2-4-24(15-22)39(25(40)16-30-17-32(35,18-30)19-30)20-29-9-12-31(13-10-29,14-11-29)28-36-27(26(33)34)43-37-28/h2-8,15,26,38H,9-14,16-20H2,1H3. The van der Waals surface area contributed by atoms with Crippen molar-refractivity contribution in [3.63, 3.8) is 0 Å². The highest BCUT2D eigenvalue weighted by atomic mass is 32.2. The summed E-state index contributed by atoms with van der Waals surface area (Å²) >= 11 is 0. The summed E-state index contributed by atoms with van der Waals surface area (Å²) in [5.41, 5.74) is 1.14. The highest BCUT2D eigenvalue weighted by Gasteiger charge is 2.69. The lowest BCUT2D eigenvalue weighted by Gasteiger charge is -2.66. The molecule has 6 aliphatic carbocycles. The molecule has 234 valence electrons. The number of rotatable bonds is 10. The van der Waals surface area contributed by atoms with E-state index in [1.807, 2.05) is 41.3 Å². The molecule has 6 aliphatic rings. The number of alkyl halides is 3. The zero-order valence-electron chi connectivity index (χ0n) is 24.5. The van der Waals surface area contributed by atoms with Gasteiger partial charge < -0.3 is 9.42 Å². The van der Waals surface area contributed by atoms with Crippen LogP contribution in [0.3, 0.4) is 0 Å². The van der Waals surface area contributed by atoms with Gasteiger partial charge in [-0.05, 0) is 104 Å². The van der Waals surface area contributed by atoms with Crippen LogP contribution in [0.1, 0.15) is 82.3 Å². The number of nitrogens with zero attached hydrogens (tertiary/aromatic N) is 3. The first-order chi connectivity index (χ1) is 20.8. The second-order valence-electron chi connectivity index (χ2n) is 13.9. The van der Waals surface area contributed by atoms with Crippen LogP contribution in [0.25, 0.3) is 11.1 Å². The van der Waals surface area contributed by atoms with E-state index in [-0.39, 0.29) is 22.2 Å². The van der Waals surface area contributed by atoms with Gasteiger partial charge in [-0.3, -0.25) is 9.52 Å². The van der Waals surface area contributed by atoms with Gasteiger partial charge in [-0.1, -0.05) is 29.4 Å². The minimum absolute atomic E-state index is 0.00636. The van der Waals surface area contributed by atoms with Crippen molar-refractivity contribution in [2.24, 2.45) is 10.8 Å². The molecule has 0 saturated heterocycles. The number of carbonyl (C=O) groups excluding carboxylic acids is 1. The lowest BCUT2D eigenvalue weighted by Crippen LogP contribution is -2.65. The van der Waals surface area contributed by atoms with E-state index in [4.69, 9.17) is 4.52 Å². The highest BCUT2D eigenvalue weighted by molar-refractivity contribution is 7.92. The molecule has 0 unspecified atom stereocenters. The SMILES string of the molecule is CS(=O)(=O)Nc1ccc(-c2cccc(N(CC34CCC(c5noc(C(F)F)n5)(CC3)CC4)C(=O)CC34CC(F)(C3)C4)c2)cc1. The van der Waals surface area contributed by atoms with Crippen LogP contribution >= 0.6 is 0 Å². The third-order valence-corrected chi connectivity index (χ3v) is 11.2. The van der Waals surface area contributed by atoms with Crippen LogP contribution in [0, 0.1) is 10.8 Å². The molecular weight excluding hydrogens is 593 g/mol. The van der Waals surface area contributed by atoms with Crippen molar-refractivity contribution in [2.75, 3.05) is 22.4 Å². The Morgan fingerprint density at radius 1 is 0.977 bits per heavy atom. The van der Waals surface area contributed by atoms with Gasteiger partial charge in [0, 0.05) is 29.8 Å². The van der Waals surface area contributed by atoms with Gasteiger partial charge in [0.1, 0.15) is 5.67 Å².